The molecular weight excluding hydrogens is 483 g/mol. The maximum Gasteiger partial charge on any atom is 0.416 e. The second kappa shape index (κ2) is 11.3. The van der Waals surface area contributed by atoms with Crippen LogP contribution in [-0.2, 0) is 17.4 Å². The van der Waals surface area contributed by atoms with E-state index in [4.69, 9.17) is 9.47 Å². The molecule has 0 saturated heterocycles. The van der Waals surface area contributed by atoms with E-state index in [2.05, 4.69) is 5.32 Å². The normalized spacial score (nSPS) is 15.4. The molecule has 0 fully saturated rings. The van der Waals surface area contributed by atoms with E-state index in [1.54, 1.807) is 42.5 Å². The molecule has 0 bridgehead atoms. The number of amides is 1. The third kappa shape index (κ3) is 6.40. The molecule has 2 N–H and O–H groups in total. The van der Waals surface area contributed by atoms with Crippen LogP contribution >= 0.6 is 0 Å². The maximum absolute atomic E-state index is 13.1. The molecule has 1 heterocycles. The molecule has 1 amide bonds. The number of aliphatic hydroxyl groups excluding tert-OH is 1. The number of nitrogens with one attached hydrogen (secondary N) is 1. The van der Waals surface area contributed by atoms with Gasteiger partial charge in [-0.1, -0.05) is 42.5 Å². The van der Waals surface area contributed by atoms with Crippen molar-refractivity contribution in [2.75, 3.05) is 18.5 Å². The van der Waals surface area contributed by atoms with Crippen LogP contribution in [-0.4, -0.2) is 30.3 Å². The molecule has 1 aliphatic heterocycles. The van der Waals surface area contributed by atoms with Gasteiger partial charge < -0.3 is 19.9 Å². The zero-order valence-electron chi connectivity index (χ0n) is 20.1. The summed E-state index contributed by atoms with van der Waals surface area (Å²) in [6.45, 7) is 2.26. The summed E-state index contributed by atoms with van der Waals surface area (Å²) < 4.78 is 50.3. The Bertz CT molecular complexity index is 1300. The summed E-state index contributed by atoms with van der Waals surface area (Å²) in [5.41, 5.74) is 2.64. The van der Waals surface area contributed by atoms with Crippen LogP contribution in [0.5, 0.6) is 11.5 Å². The van der Waals surface area contributed by atoms with Gasteiger partial charge in [-0.3, -0.25) is 4.79 Å². The average molecular weight is 510 g/mol. The number of fused-ring (bicyclic) bond motifs is 1. The van der Waals surface area contributed by atoms with Gasteiger partial charge >= 0.3 is 6.18 Å². The molecule has 5 nitrogen and oxygen atoms in total. The van der Waals surface area contributed by atoms with E-state index in [1.807, 2.05) is 19.1 Å². The summed E-state index contributed by atoms with van der Waals surface area (Å²) in [4.78, 5) is 12.6. The first-order chi connectivity index (χ1) is 17.8. The molecule has 0 radical (unpaired) electrons. The number of hydrogen-bond donors (Lipinski definition) is 2. The quantitative estimate of drug-likeness (QED) is 0.288. The number of carbonyl (C=O) groups excluding carboxylic acids is 1. The Labute approximate surface area is 212 Å². The van der Waals surface area contributed by atoms with Gasteiger partial charge in [0.25, 0.3) is 0 Å². The van der Waals surface area contributed by atoms with Crippen molar-refractivity contribution in [1.82, 2.24) is 0 Å². The van der Waals surface area contributed by atoms with Crippen molar-refractivity contribution in [2.45, 2.75) is 25.6 Å². The number of ether oxygens (including phenoxy) is 2. The zero-order chi connectivity index (χ0) is 26.4. The summed E-state index contributed by atoms with van der Waals surface area (Å²) in [5, 5.41) is 12.2. The summed E-state index contributed by atoms with van der Waals surface area (Å²) >= 11 is 0. The fourth-order valence-corrected chi connectivity index (χ4v) is 4.06. The van der Waals surface area contributed by atoms with Gasteiger partial charge in [-0.05, 0) is 60.0 Å². The van der Waals surface area contributed by atoms with Crippen LogP contribution in [0.15, 0.2) is 85.0 Å². The number of carbonyl (C=O) groups is 1. The Hall–Kier alpha value is -4.04. The van der Waals surface area contributed by atoms with Crippen molar-refractivity contribution in [2.24, 2.45) is 0 Å². The number of benzene rings is 3. The Morgan fingerprint density at radius 1 is 1.08 bits per heavy atom. The van der Waals surface area contributed by atoms with Crippen LogP contribution < -0.4 is 14.8 Å². The highest BCUT2D eigenvalue weighted by Gasteiger charge is 2.30. The molecule has 0 aliphatic carbocycles. The van der Waals surface area contributed by atoms with Gasteiger partial charge in [0.1, 0.15) is 17.6 Å². The van der Waals surface area contributed by atoms with Crippen LogP contribution in [0.3, 0.4) is 0 Å². The number of halogens is 3. The van der Waals surface area contributed by atoms with Gasteiger partial charge in [0.15, 0.2) is 0 Å². The van der Waals surface area contributed by atoms with Crippen molar-refractivity contribution < 1.29 is 32.5 Å². The first-order valence-corrected chi connectivity index (χ1v) is 11.8. The number of anilines is 1. The molecule has 1 unspecified atom stereocenters. The van der Waals surface area contributed by atoms with Gasteiger partial charge in [-0.25, -0.2) is 0 Å². The Morgan fingerprint density at radius 3 is 2.38 bits per heavy atom. The first kappa shape index (κ1) is 26.0. The highest BCUT2D eigenvalue weighted by Crippen LogP contribution is 2.35. The average Bonchev–Trinajstić information content (AvgIpc) is 3.32. The third-order valence-corrected chi connectivity index (χ3v) is 5.83. The van der Waals surface area contributed by atoms with Crippen molar-refractivity contribution in [3.8, 4) is 11.5 Å². The van der Waals surface area contributed by atoms with E-state index in [-0.39, 0.29) is 18.6 Å². The minimum atomic E-state index is -4.43. The van der Waals surface area contributed by atoms with Crippen molar-refractivity contribution in [3.63, 3.8) is 0 Å². The number of hydrogen-bond acceptors (Lipinski definition) is 4. The topological polar surface area (TPSA) is 67.8 Å². The Morgan fingerprint density at radius 2 is 1.76 bits per heavy atom. The molecule has 0 aromatic heterocycles. The number of alkyl halides is 3. The van der Waals surface area contributed by atoms with E-state index in [1.165, 1.54) is 18.2 Å². The number of rotatable bonds is 8. The molecule has 0 spiro atoms. The van der Waals surface area contributed by atoms with E-state index < -0.39 is 11.7 Å². The molecule has 37 heavy (non-hydrogen) atoms. The lowest BCUT2D eigenvalue weighted by Gasteiger charge is -2.12. The van der Waals surface area contributed by atoms with Crippen molar-refractivity contribution >= 4 is 17.2 Å². The standard InChI is InChI=1S/C29H26F3NO4/c1-2-36-22-15-11-20(12-16-22)24(19-9-13-21(14-10-19)29(30,31)32)5-3-8-28(35)33-26-6-4-7-27-25(26)17-23(18-34)37-27/h3-16,23,34H,2,17-18H2,1H3,(H,33,35)/b8-3+,24-5-. The number of aliphatic hydroxyl groups is 1. The molecular formula is C29H26F3NO4. The SMILES string of the molecule is CCOc1ccc(/C(=C\C=C\C(=O)Nc2cccc3c2CC(CO)O3)c2ccc(C(F)(F)F)cc2)cc1. The van der Waals surface area contributed by atoms with Crippen LogP contribution in [0, 0.1) is 0 Å². The highest BCUT2D eigenvalue weighted by molar-refractivity contribution is 6.00. The fraction of sp³-hybridized carbons (Fsp3) is 0.207. The molecule has 192 valence electrons. The summed E-state index contributed by atoms with van der Waals surface area (Å²) in [6, 6.07) is 17.4. The van der Waals surface area contributed by atoms with Crippen molar-refractivity contribution in [1.29, 1.82) is 0 Å². The molecule has 1 aliphatic rings. The monoisotopic (exact) mass is 509 g/mol. The van der Waals surface area contributed by atoms with E-state index in [0.29, 0.717) is 41.4 Å². The maximum atomic E-state index is 13.1. The lowest BCUT2D eigenvalue weighted by atomic mass is 9.96. The minimum absolute atomic E-state index is 0.120. The largest absolute Gasteiger partial charge is 0.494 e. The number of allylic oxidation sites excluding steroid dienone is 2. The zero-order valence-corrected chi connectivity index (χ0v) is 20.1. The molecule has 4 rings (SSSR count). The Balaban J connectivity index is 1.57. The van der Waals surface area contributed by atoms with Gasteiger partial charge in [-0.2, -0.15) is 13.2 Å². The third-order valence-electron chi connectivity index (χ3n) is 5.83. The molecule has 3 aromatic carbocycles. The molecule has 1 atom stereocenters. The molecule has 0 saturated carbocycles. The van der Waals surface area contributed by atoms with E-state index in [9.17, 15) is 23.1 Å². The second-order valence-electron chi connectivity index (χ2n) is 8.37. The predicted octanol–water partition coefficient (Wildman–Crippen LogP) is 6.03. The lowest BCUT2D eigenvalue weighted by Crippen LogP contribution is -2.17. The van der Waals surface area contributed by atoms with E-state index in [0.717, 1.165) is 23.3 Å². The van der Waals surface area contributed by atoms with Gasteiger partial charge in [0.2, 0.25) is 5.91 Å². The van der Waals surface area contributed by atoms with Crippen LogP contribution in [0.4, 0.5) is 18.9 Å². The van der Waals surface area contributed by atoms with Gasteiger partial charge in [0.05, 0.1) is 18.8 Å². The van der Waals surface area contributed by atoms with Crippen LogP contribution in [0.2, 0.25) is 0 Å². The summed E-state index contributed by atoms with van der Waals surface area (Å²) in [6.07, 6.45) is 0.290. The van der Waals surface area contributed by atoms with Gasteiger partial charge in [-0.15, -0.1) is 0 Å². The van der Waals surface area contributed by atoms with E-state index >= 15 is 0 Å². The van der Waals surface area contributed by atoms with Gasteiger partial charge in [0, 0.05) is 23.7 Å². The molecule has 3 aromatic rings. The summed E-state index contributed by atoms with van der Waals surface area (Å²) in [7, 11) is 0. The van der Waals surface area contributed by atoms with Crippen LogP contribution in [0.1, 0.15) is 29.2 Å². The minimum Gasteiger partial charge on any atom is -0.494 e. The Kier molecular flexibility index (Phi) is 7.98. The second-order valence-corrected chi connectivity index (χ2v) is 8.37. The van der Waals surface area contributed by atoms with Crippen molar-refractivity contribution in [3.05, 3.63) is 107 Å². The smallest absolute Gasteiger partial charge is 0.416 e. The highest BCUT2D eigenvalue weighted by atomic mass is 19.4. The molecule has 8 heteroatoms. The fourth-order valence-electron chi connectivity index (χ4n) is 4.06. The summed E-state index contributed by atoms with van der Waals surface area (Å²) in [5.74, 6) is 0.923. The predicted molar refractivity (Wildman–Crippen MR) is 136 cm³/mol. The van der Waals surface area contributed by atoms with Crippen LogP contribution in [0.25, 0.3) is 5.57 Å². The first-order valence-electron chi connectivity index (χ1n) is 11.8. The lowest BCUT2D eigenvalue weighted by molar-refractivity contribution is -0.137.